The molecule has 6 N–H and O–H groups in total. The first kappa shape index (κ1) is 38.0. The van der Waals surface area contributed by atoms with Crippen LogP contribution in [-0.4, -0.2) is 63.4 Å². The van der Waals surface area contributed by atoms with Crippen molar-refractivity contribution < 1.29 is 36.6 Å². The summed E-state index contributed by atoms with van der Waals surface area (Å²) in [5.74, 6) is 0.251. The highest BCUT2D eigenvalue weighted by atomic mass is 32.2. The van der Waals surface area contributed by atoms with Crippen LogP contribution in [0.3, 0.4) is 0 Å². The second kappa shape index (κ2) is 12.8. The number of aliphatic hydroxyl groups excluding tert-OH is 2. The fourth-order valence-corrected chi connectivity index (χ4v) is 11.0. The van der Waals surface area contributed by atoms with E-state index in [2.05, 4.69) is 38.3 Å². The SMILES string of the molecule is Cc1ccc(S(=O)(=O)NC(=O)N[C@H]2[C@H]3CC[C@@](C)([C@H]2O)C3(C)C)cc1.Cc1ccc(S(=O)(=O)NC(=O)N[C@H]2[C@H]3CC[C@@](C)([C@H]2O)C3(C)C)cc1. The summed E-state index contributed by atoms with van der Waals surface area (Å²) < 4.78 is 53.4. The van der Waals surface area contributed by atoms with E-state index in [4.69, 9.17) is 0 Å². The van der Waals surface area contributed by atoms with Crippen LogP contribution < -0.4 is 20.1 Å². The summed E-state index contributed by atoms with van der Waals surface area (Å²) >= 11 is 0. The Kier molecular flexibility index (Phi) is 9.73. The third-order valence-corrected chi connectivity index (χ3v) is 16.0. The first-order chi connectivity index (χ1) is 23.0. The number of rotatable bonds is 6. The van der Waals surface area contributed by atoms with E-state index in [9.17, 15) is 36.6 Å². The molecule has 2 aromatic carbocycles. The zero-order chi connectivity index (χ0) is 37.2. The van der Waals surface area contributed by atoms with Crippen molar-refractivity contribution in [2.24, 2.45) is 33.5 Å². The number of fused-ring (bicyclic) bond motifs is 4. The number of aryl methyl sites for hydroxylation is 2. The molecule has 276 valence electrons. The van der Waals surface area contributed by atoms with Crippen molar-refractivity contribution in [2.45, 2.75) is 115 Å². The highest BCUT2D eigenvalue weighted by Crippen LogP contribution is 2.66. The Balaban J connectivity index is 0.000000194. The molecule has 12 nitrogen and oxygen atoms in total. The first-order valence-corrected chi connectivity index (χ1v) is 20.1. The van der Waals surface area contributed by atoms with Crippen LogP contribution in [0.2, 0.25) is 0 Å². The van der Waals surface area contributed by atoms with Crippen LogP contribution in [0.15, 0.2) is 58.3 Å². The lowest BCUT2D eigenvalue weighted by atomic mass is 9.70. The molecule has 4 aliphatic carbocycles. The molecule has 4 fully saturated rings. The van der Waals surface area contributed by atoms with E-state index in [0.29, 0.717) is 0 Å². The molecule has 4 saturated carbocycles. The Bertz CT molecular complexity index is 1710. The molecule has 0 spiro atoms. The lowest BCUT2D eigenvalue weighted by molar-refractivity contribution is 0.00188. The number of aliphatic hydroxyl groups is 2. The Labute approximate surface area is 296 Å². The Morgan fingerprint density at radius 2 is 0.900 bits per heavy atom. The first-order valence-electron chi connectivity index (χ1n) is 17.1. The molecule has 4 amide bonds. The second-order valence-electron chi connectivity index (χ2n) is 16.3. The Morgan fingerprint density at radius 1 is 0.600 bits per heavy atom. The van der Waals surface area contributed by atoms with Gasteiger partial charge in [0, 0.05) is 10.8 Å². The highest BCUT2D eigenvalue weighted by molar-refractivity contribution is 7.90. The summed E-state index contributed by atoms with van der Waals surface area (Å²) in [4.78, 5) is 24.6. The summed E-state index contributed by atoms with van der Waals surface area (Å²) in [6.07, 6.45) is 2.27. The molecule has 8 atom stereocenters. The second-order valence-corrected chi connectivity index (χ2v) is 19.7. The largest absolute Gasteiger partial charge is 0.390 e. The number of carbonyl (C=O) groups is 2. The van der Waals surface area contributed by atoms with Crippen LogP contribution >= 0.6 is 0 Å². The summed E-state index contributed by atoms with van der Waals surface area (Å²) in [5, 5.41) is 26.8. The maximum Gasteiger partial charge on any atom is 0.329 e. The van der Waals surface area contributed by atoms with Crippen molar-refractivity contribution in [3.63, 3.8) is 0 Å². The van der Waals surface area contributed by atoms with Crippen LogP contribution in [-0.2, 0) is 20.0 Å². The molecular formula is C36H52N4O8S2. The zero-order valence-corrected chi connectivity index (χ0v) is 31.7. The monoisotopic (exact) mass is 732 g/mol. The third kappa shape index (κ3) is 6.30. The molecule has 0 unspecified atom stereocenters. The van der Waals surface area contributed by atoms with Crippen molar-refractivity contribution >= 4 is 32.1 Å². The van der Waals surface area contributed by atoms with Gasteiger partial charge in [0.15, 0.2) is 0 Å². The van der Waals surface area contributed by atoms with Gasteiger partial charge < -0.3 is 20.8 Å². The predicted octanol–water partition coefficient (Wildman–Crippen LogP) is 4.34. The predicted molar refractivity (Wildman–Crippen MR) is 189 cm³/mol. The van der Waals surface area contributed by atoms with Gasteiger partial charge in [0.05, 0.1) is 34.1 Å². The molecule has 14 heteroatoms. The molecule has 2 aromatic rings. The summed E-state index contributed by atoms with van der Waals surface area (Å²) in [7, 11) is -7.87. The maximum atomic E-state index is 12.3. The van der Waals surface area contributed by atoms with E-state index in [1.807, 2.05) is 37.1 Å². The number of sulfonamides is 2. The summed E-state index contributed by atoms with van der Waals surface area (Å²) in [6, 6.07) is 10.1. The normalized spacial score (nSPS) is 33.2. The number of hydrogen-bond donors (Lipinski definition) is 6. The van der Waals surface area contributed by atoms with Crippen LogP contribution in [0, 0.1) is 47.3 Å². The van der Waals surface area contributed by atoms with Gasteiger partial charge in [-0.3, -0.25) is 0 Å². The fourth-order valence-electron chi connectivity index (χ4n) is 9.19. The van der Waals surface area contributed by atoms with Gasteiger partial charge in [-0.2, -0.15) is 0 Å². The molecule has 0 heterocycles. The standard InChI is InChI=1S/2C18H26N2O4S/c2*1-11-5-7-12(8-6-11)25(23,24)20-16(22)19-14-13-9-10-18(4,15(14)21)17(13,2)3/h2*5-8,13-15,21H,9-10H2,1-4H3,(H2,19,20,22)/t2*13-,14+,15+,18+/m11/s1. The van der Waals surface area contributed by atoms with E-state index < -0.39 is 56.4 Å². The third-order valence-electron chi connectivity index (χ3n) is 13.3. The van der Waals surface area contributed by atoms with Gasteiger partial charge in [-0.15, -0.1) is 0 Å². The minimum atomic E-state index is -3.94. The van der Waals surface area contributed by atoms with Gasteiger partial charge in [0.25, 0.3) is 20.0 Å². The van der Waals surface area contributed by atoms with Crippen molar-refractivity contribution in [1.29, 1.82) is 0 Å². The smallest absolute Gasteiger partial charge is 0.329 e. The molecule has 0 radical (unpaired) electrons. The average molecular weight is 733 g/mol. The molecule has 6 rings (SSSR count). The Morgan fingerprint density at radius 3 is 1.16 bits per heavy atom. The molecule has 4 bridgehead atoms. The number of urea groups is 2. The van der Waals surface area contributed by atoms with Crippen LogP contribution in [0.5, 0.6) is 0 Å². The highest BCUT2D eigenvalue weighted by Gasteiger charge is 2.67. The fraction of sp³-hybridized carbons (Fsp3) is 0.611. The van der Waals surface area contributed by atoms with Crippen molar-refractivity contribution in [3.05, 3.63) is 59.7 Å². The van der Waals surface area contributed by atoms with Crippen molar-refractivity contribution in [3.8, 4) is 0 Å². The van der Waals surface area contributed by atoms with Gasteiger partial charge in [-0.05, 0) is 86.5 Å². The van der Waals surface area contributed by atoms with Gasteiger partial charge in [0.2, 0.25) is 0 Å². The summed E-state index contributed by atoms with van der Waals surface area (Å²) in [6.45, 7) is 16.2. The van der Waals surface area contributed by atoms with E-state index in [1.165, 1.54) is 24.3 Å². The van der Waals surface area contributed by atoms with E-state index in [1.54, 1.807) is 24.3 Å². The van der Waals surface area contributed by atoms with Crippen molar-refractivity contribution in [2.75, 3.05) is 0 Å². The maximum absolute atomic E-state index is 12.3. The Hall–Kier alpha value is -3.20. The number of hydrogen-bond acceptors (Lipinski definition) is 8. The molecule has 0 aliphatic heterocycles. The average Bonchev–Trinajstić information content (AvgIpc) is 3.50. The zero-order valence-electron chi connectivity index (χ0n) is 30.1. The van der Waals surface area contributed by atoms with Crippen LogP contribution in [0.25, 0.3) is 0 Å². The lowest BCUT2D eigenvalue weighted by Crippen LogP contribution is -2.52. The van der Waals surface area contributed by atoms with Gasteiger partial charge in [-0.25, -0.2) is 35.9 Å². The number of benzene rings is 2. The summed E-state index contributed by atoms with van der Waals surface area (Å²) in [5.41, 5.74) is 1.10. The minimum Gasteiger partial charge on any atom is -0.390 e. The minimum absolute atomic E-state index is 0.0361. The molecule has 4 aliphatic rings. The number of amides is 4. The van der Waals surface area contributed by atoms with E-state index in [-0.39, 0.29) is 43.3 Å². The molecule has 50 heavy (non-hydrogen) atoms. The van der Waals surface area contributed by atoms with E-state index >= 15 is 0 Å². The topological polar surface area (TPSA) is 191 Å². The quantitative estimate of drug-likeness (QED) is 0.253. The van der Waals surface area contributed by atoms with E-state index in [0.717, 1.165) is 36.8 Å². The number of carbonyl (C=O) groups excluding carboxylic acids is 2. The van der Waals surface area contributed by atoms with Gasteiger partial charge >= 0.3 is 12.1 Å². The molecule has 0 saturated heterocycles. The van der Waals surface area contributed by atoms with Gasteiger partial charge in [-0.1, -0.05) is 76.9 Å². The lowest BCUT2D eigenvalue weighted by Gasteiger charge is -2.37. The van der Waals surface area contributed by atoms with Crippen LogP contribution in [0.4, 0.5) is 9.59 Å². The molecule has 0 aromatic heterocycles. The molecular weight excluding hydrogens is 681 g/mol. The number of nitrogens with one attached hydrogen (secondary N) is 4. The van der Waals surface area contributed by atoms with Crippen LogP contribution in [0.1, 0.15) is 78.4 Å². The van der Waals surface area contributed by atoms with Crippen molar-refractivity contribution in [1.82, 2.24) is 20.1 Å². The van der Waals surface area contributed by atoms with Gasteiger partial charge in [0.1, 0.15) is 0 Å².